The second kappa shape index (κ2) is 11.1. The number of nitrogens with zero attached hydrogens (tertiary/aromatic N) is 3. The highest BCUT2D eigenvalue weighted by atomic mass is 35.5. The number of rotatable bonds is 7. The minimum absolute atomic E-state index is 0.130. The first kappa shape index (κ1) is 25.2. The van der Waals surface area contributed by atoms with Crippen molar-refractivity contribution < 1.29 is 19.2 Å². The normalized spacial score (nSPS) is 11.3. The molecule has 35 heavy (non-hydrogen) atoms. The number of amides is 4. The monoisotopic (exact) mass is 498 g/mol. The molecule has 0 aliphatic carbocycles. The van der Waals surface area contributed by atoms with Gasteiger partial charge in [-0.15, -0.1) is 0 Å². The van der Waals surface area contributed by atoms with Gasteiger partial charge in [-0.25, -0.2) is 9.97 Å². The van der Waals surface area contributed by atoms with E-state index in [-0.39, 0.29) is 23.9 Å². The van der Waals surface area contributed by atoms with E-state index in [0.717, 1.165) is 5.56 Å². The third-order valence-electron chi connectivity index (χ3n) is 4.74. The van der Waals surface area contributed by atoms with E-state index in [1.165, 1.54) is 37.3 Å². The third kappa shape index (κ3) is 6.77. The number of nitrogens with one attached hydrogen (secondary N) is 4. The average molecular weight is 499 g/mol. The van der Waals surface area contributed by atoms with Gasteiger partial charge in [0.25, 0.3) is 5.91 Å². The number of aromatic amines is 1. The lowest BCUT2D eigenvalue weighted by molar-refractivity contribution is -0.136. The minimum atomic E-state index is -1.12. The Balaban J connectivity index is 1.62. The van der Waals surface area contributed by atoms with Crippen LogP contribution in [0.3, 0.4) is 0 Å². The molecule has 1 unspecified atom stereocenters. The first-order valence-corrected chi connectivity index (χ1v) is 10.7. The zero-order valence-electron chi connectivity index (χ0n) is 18.8. The topological polar surface area (TPSA) is 175 Å². The van der Waals surface area contributed by atoms with Crippen molar-refractivity contribution in [2.24, 2.45) is 0 Å². The highest BCUT2D eigenvalue weighted by Crippen LogP contribution is 2.18. The first-order chi connectivity index (χ1) is 16.6. The molecule has 6 N–H and O–H groups in total. The lowest BCUT2D eigenvalue weighted by Gasteiger charge is -2.22. The van der Waals surface area contributed by atoms with Crippen LogP contribution in [0.4, 0.5) is 11.8 Å². The molecule has 2 heterocycles. The number of pyridine rings is 1. The molecule has 3 aromatic rings. The van der Waals surface area contributed by atoms with Gasteiger partial charge in [-0.3, -0.25) is 19.2 Å². The van der Waals surface area contributed by atoms with Crippen LogP contribution < -0.4 is 21.7 Å². The van der Waals surface area contributed by atoms with E-state index in [4.69, 9.17) is 17.3 Å². The van der Waals surface area contributed by atoms with E-state index < -0.39 is 29.7 Å². The van der Waals surface area contributed by atoms with E-state index in [9.17, 15) is 19.2 Å². The fourth-order valence-corrected chi connectivity index (χ4v) is 3.05. The zero-order valence-corrected chi connectivity index (χ0v) is 19.6. The smallest absolute Gasteiger partial charge is 0.314 e. The average Bonchev–Trinajstić information content (AvgIpc) is 3.28. The summed E-state index contributed by atoms with van der Waals surface area (Å²) < 4.78 is 0. The van der Waals surface area contributed by atoms with Crippen molar-refractivity contribution in [1.82, 2.24) is 30.5 Å². The quantitative estimate of drug-likeness (QED) is 0.297. The highest BCUT2D eigenvalue weighted by Gasteiger charge is 2.25. The van der Waals surface area contributed by atoms with Crippen LogP contribution in [0.5, 0.6) is 0 Å². The maximum atomic E-state index is 12.7. The SMILES string of the molecule is CN(C)C(=O)C(CNC(=O)C(=O)Nc1ccc(Cl)cn1)NC(=O)c1ccc(-c2cnc(N)[nH]2)cc1. The second-order valence-corrected chi connectivity index (χ2v) is 7.98. The standard InChI is InChI=1S/C22H23ClN8O4/c1-31(2)21(35)16(11-26-19(33)20(34)30-17-8-7-14(23)9-25-17)28-18(32)13-5-3-12(4-6-13)15-10-27-22(24)29-15/h3-10,16H,11H2,1-2H3,(H,26,33)(H,28,32)(H3,24,27,29)(H,25,30,34). The number of H-pyrrole nitrogens is 1. The van der Waals surface area contributed by atoms with Crippen LogP contribution in [-0.4, -0.2) is 70.2 Å². The molecule has 1 aromatic carbocycles. The van der Waals surface area contributed by atoms with Crippen molar-refractivity contribution in [2.75, 3.05) is 31.7 Å². The molecule has 2 aromatic heterocycles. The number of carbonyl (C=O) groups is 4. The van der Waals surface area contributed by atoms with Gasteiger partial charge in [0.2, 0.25) is 5.91 Å². The number of hydrogen-bond donors (Lipinski definition) is 5. The van der Waals surface area contributed by atoms with Gasteiger partial charge in [0, 0.05) is 32.4 Å². The van der Waals surface area contributed by atoms with Gasteiger partial charge in [-0.1, -0.05) is 23.7 Å². The summed E-state index contributed by atoms with van der Waals surface area (Å²) in [5.41, 5.74) is 7.32. The Hall–Kier alpha value is -4.45. The van der Waals surface area contributed by atoms with Crippen LogP contribution in [-0.2, 0) is 14.4 Å². The van der Waals surface area contributed by atoms with Crippen LogP contribution >= 0.6 is 11.6 Å². The number of halogens is 1. The zero-order chi connectivity index (χ0) is 25.5. The van der Waals surface area contributed by atoms with Gasteiger partial charge >= 0.3 is 11.8 Å². The molecular weight excluding hydrogens is 476 g/mol. The van der Waals surface area contributed by atoms with Crippen molar-refractivity contribution >= 4 is 47.0 Å². The van der Waals surface area contributed by atoms with Crippen LogP contribution in [0.1, 0.15) is 10.4 Å². The van der Waals surface area contributed by atoms with E-state index >= 15 is 0 Å². The maximum absolute atomic E-state index is 12.7. The number of nitrogens with two attached hydrogens (primary N) is 1. The Bertz CT molecular complexity index is 1230. The number of imidazole rings is 1. The largest absolute Gasteiger partial charge is 0.369 e. The lowest BCUT2D eigenvalue weighted by atomic mass is 10.1. The molecule has 0 spiro atoms. The van der Waals surface area contributed by atoms with Gasteiger partial charge < -0.3 is 31.6 Å². The van der Waals surface area contributed by atoms with E-state index in [1.54, 1.807) is 30.5 Å². The van der Waals surface area contributed by atoms with Gasteiger partial charge in [0.15, 0.2) is 5.95 Å². The van der Waals surface area contributed by atoms with Crippen molar-refractivity contribution in [1.29, 1.82) is 0 Å². The van der Waals surface area contributed by atoms with Crippen molar-refractivity contribution in [3.63, 3.8) is 0 Å². The third-order valence-corrected chi connectivity index (χ3v) is 4.96. The fraction of sp³-hybridized carbons (Fsp3) is 0.182. The van der Waals surface area contributed by atoms with Crippen LogP contribution in [0.25, 0.3) is 11.3 Å². The van der Waals surface area contributed by atoms with Crippen molar-refractivity contribution in [2.45, 2.75) is 6.04 Å². The van der Waals surface area contributed by atoms with Gasteiger partial charge in [-0.05, 0) is 29.8 Å². The molecule has 0 saturated carbocycles. The summed E-state index contributed by atoms with van der Waals surface area (Å²) in [6, 6.07) is 8.35. The Morgan fingerprint density at radius 2 is 1.74 bits per heavy atom. The fourth-order valence-electron chi connectivity index (χ4n) is 2.94. The molecule has 4 amide bonds. The van der Waals surface area contributed by atoms with Crippen LogP contribution in [0.15, 0.2) is 48.8 Å². The Morgan fingerprint density at radius 1 is 1.03 bits per heavy atom. The molecule has 3 rings (SSSR count). The summed E-state index contributed by atoms with van der Waals surface area (Å²) in [5.74, 6) is -2.60. The van der Waals surface area contributed by atoms with Gasteiger partial charge in [0.1, 0.15) is 11.9 Å². The summed E-state index contributed by atoms with van der Waals surface area (Å²) in [4.78, 5) is 61.6. The maximum Gasteiger partial charge on any atom is 0.314 e. The Kier molecular flexibility index (Phi) is 8.00. The summed E-state index contributed by atoms with van der Waals surface area (Å²) >= 11 is 5.74. The number of likely N-dealkylation sites (N-methyl/N-ethyl adjacent to an activating group) is 1. The van der Waals surface area contributed by atoms with Crippen LogP contribution in [0, 0.1) is 0 Å². The number of carbonyl (C=O) groups excluding carboxylic acids is 4. The summed E-state index contributed by atoms with van der Waals surface area (Å²) in [7, 11) is 3.01. The molecule has 0 bridgehead atoms. The van der Waals surface area contributed by atoms with Gasteiger partial charge in [0.05, 0.1) is 16.9 Å². The van der Waals surface area contributed by atoms with Crippen LogP contribution in [0.2, 0.25) is 5.02 Å². The second-order valence-electron chi connectivity index (χ2n) is 7.54. The number of benzene rings is 1. The number of aromatic nitrogens is 3. The Labute approximate surface area is 205 Å². The van der Waals surface area contributed by atoms with E-state index in [0.29, 0.717) is 10.7 Å². The van der Waals surface area contributed by atoms with E-state index in [2.05, 4.69) is 30.9 Å². The molecule has 13 heteroatoms. The first-order valence-electron chi connectivity index (χ1n) is 10.3. The molecular formula is C22H23ClN8O4. The molecule has 1 atom stereocenters. The molecule has 12 nitrogen and oxygen atoms in total. The van der Waals surface area contributed by atoms with Crippen molar-refractivity contribution in [3.8, 4) is 11.3 Å². The molecule has 0 fully saturated rings. The predicted molar refractivity (Wildman–Crippen MR) is 129 cm³/mol. The summed E-state index contributed by atoms with van der Waals surface area (Å²) in [5, 5.41) is 7.62. The predicted octanol–water partition coefficient (Wildman–Crippen LogP) is 0.649. The Morgan fingerprint density at radius 3 is 2.31 bits per heavy atom. The summed E-state index contributed by atoms with van der Waals surface area (Å²) in [6.45, 7) is -0.311. The minimum Gasteiger partial charge on any atom is -0.369 e. The molecule has 0 aliphatic rings. The van der Waals surface area contributed by atoms with Crippen molar-refractivity contribution in [3.05, 3.63) is 59.4 Å². The number of nitrogen functional groups attached to an aromatic ring is 1. The highest BCUT2D eigenvalue weighted by molar-refractivity contribution is 6.39. The molecule has 0 aliphatic heterocycles. The number of hydrogen-bond acceptors (Lipinski definition) is 7. The molecule has 0 saturated heterocycles. The van der Waals surface area contributed by atoms with Gasteiger partial charge in [-0.2, -0.15) is 0 Å². The molecule has 0 radical (unpaired) electrons. The van der Waals surface area contributed by atoms with E-state index in [1.807, 2.05) is 0 Å². The summed E-state index contributed by atoms with van der Waals surface area (Å²) in [6.07, 6.45) is 2.88. The molecule has 182 valence electrons. The number of anilines is 2. The lowest BCUT2D eigenvalue weighted by Crippen LogP contribution is -2.53.